The fraction of sp³-hybridized carbons (Fsp3) is 0.667. The molecule has 0 bridgehead atoms. The Bertz CT molecular complexity index is 268. The number of carboxylic acid groups (broad SMARTS) is 2. The fourth-order valence-electron chi connectivity index (χ4n) is 0.552. The van der Waals surface area contributed by atoms with Gasteiger partial charge in [0.05, 0.1) is 0 Å². The van der Waals surface area contributed by atoms with Gasteiger partial charge in [0.2, 0.25) is 0 Å². The molecular formula is C6H12O8S. The molecule has 4 N–H and O–H groups in total. The maximum absolute atomic E-state index is 9.90. The zero-order chi connectivity index (χ0) is 12.5. The van der Waals surface area contributed by atoms with Crippen molar-refractivity contribution in [3.8, 4) is 0 Å². The number of carbonyl (C=O) groups is 2. The summed E-state index contributed by atoms with van der Waals surface area (Å²) in [4.78, 5) is 19.8. The molecule has 0 saturated heterocycles. The third kappa shape index (κ3) is 44.3. The van der Waals surface area contributed by atoms with Crippen LogP contribution in [0.4, 0.5) is 0 Å². The standard InChI is InChI=1S/C6H10O4.H2O4S/c7-5(8)3-1-2-4-6(9)10;1-5(2,3)4/h1-4H2,(H,7,8)(H,9,10);(H2,1,2,3,4). The number of hydrogen-bond acceptors (Lipinski definition) is 4. The number of aliphatic carboxylic acids is 2. The minimum atomic E-state index is -4.67. The Morgan fingerprint density at radius 1 is 0.867 bits per heavy atom. The summed E-state index contributed by atoms with van der Waals surface area (Å²) in [6, 6.07) is 0. The molecule has 0 unspecified atom stereocenters. The monoisotopic (exact) mass is 244 g/mol. The van der Waals surface area contributed by atoms with Crippen molar-refractivity contribution >= 4 is 22.3 Å². The van der Waals surface area contributed by atoms with Crippen molar-refractivity contribution in [1.82, 2.24) is 0 Å². The van der Waals surface area contributed by atoms with Gasteiger partial charge in [0.1, 0.15) is 0 Å². The second-order valence-corrected chi connectivity index (χ2v) is 3.34. The van der Waals surface area contributed by atoms with Gasteiger partial charge in [0, 0.05) is 12.8 Å². The van der Waals surface area contributed by atoms with Gasteiger partial charge in [0.15, 0.2) is 0 Å². The third-order valence-electron chi connectivity index (χ3n) is 1.03. The lowest BCUT2D eigenvalue weighted by Crippen LogP contribution is -1.97. The van der Waals surface area contributed by atoms with Gasteiger partial charge in [0.25, 0.3) is 0 Å². The summed E-state index contributed by atoms with van der Waals surface area (Å²) in [5, 5.41) is 16.3. The average molecular weight is 244 g/mol. The molecule has 0 aliphatic heterocycles. The molecule has 9 heteroatoms. The van der Waals surface area contributed by atoms with E-state index in [0.29, 0.717) is 12.8 Å². The van der Waals surface area contributed by atoms with E-state index in [1.807, 2.05) is 0 Å². The van der Waals surface area contributed by atoms with E-state index in [2.05, 4.69) is 0 Å². The highest BCUT2D eigenvalue weighted by Gasteiger charge is 1.99. The van der Waals surface area contributed by atoms with Gasteiger partial charge in [-0.2, -0.15) is 8.42 Å². The Labute approximate surface area is 86.1 Å². The smallest absolute Gasteiger partial charge is 0.394 e. The van der Waals surface area contributed by atoms with E-state index in [4.69, 9.17) is 27.7 Å². The van der Waals surface area contributed by atoms with Crippen LogP contribution in [0.2, 0.25) is 0 Å². The van der Waals surface area contributed by atoms with Crippen LogP contribution in [0.3, 0.4) is 0 Å². The predicted molar refractivity (Wildman–Crippen MR) is 47.9 cm³/mol. The molecule has 0 radical (unpaired) electrons. The first-order valence-electron chi connectivity index (χ1n) is 3.76. The van der Waals surface area contributed by atoms with Crippen LogP contribution in [0.5, 0.6) is 0 Å². The maximum Gasteiger partial charge on any atom is 0.394 e. The normalized spacial score (nSPS) is 10.0. The van der Waals surface area contributed by atoms with Gasteiger partial charge in [-0.3, -0.25) is 18.7 Å². The van der Waals surface area contributed by atoms with Gasteiger partial charge in [-0.25, -0.2) is 0 Å². The molecule has 15 heavy (non-hydrogen) atoms. The van der Waals surface area contributed by atoms with Crippen LogP contribution in [0, 0.1) is 0 Å². The molecule has 0 atom stereocenters. The molecule has 0 fully saturated rings. The molecule has 0 aliphatic rings. The minimum Gasteiger partial charge on any atom is -0.481 e. The van der Waals surface area contributed by atoms with Crippen molar-refractivity contribution in [2.45, 2.75) is 25.7 Å². The maximum atomic E-state index is 9.90. The number of unbranched alkanes of at least 4 members (excludes halogenated alkanes) is 1. The molecule has 0 spiro atoms. The first kappa shape index (κ1) is 16.2. The molecule has 0 aromatic rings. The van der Waals surface area contributed by atoms with Gasteiger partial charge in [-0.15, -0.1) is 0 Å². The van der Waals surface area contributed by atoms with Crippen LogP contribution in [0.1, 0.15) is 25.7 Å². The zero-order valence-electron chi connectivity index (χ0n) is 7.66. The molecule has 0 rings (SSSR count). The van der Waals surface area contributed by atoms with Crippen molar-refractivity contribution < 1.29 is 37.3 Å². The largest absolute Gasteiger partial charge is 0.481 e. The molecule has 0 heterocycles. The molecule has 0 aromatic heterocycles. The zero-order valence-corrected chi connectivity index (χ0v) is 8.48. The minimum absolute atomic E-state index is 0.0628. The third-order valence-corrected chi connectivity index (χ3v) is 1.03. The van der Waals surface area contributed by atoms with Gasteiger partial charge in [-0.1, -0.05) is 0 Å². The van der Waals surface area contributed by atoms with E-state index in [0.717, 1.165) is 0 Å². The van der Waals surface area contributed by atoms with Crippen molar-refractivity contribution in [2.75, 3.05) is 0 Å². The summed E-state index contributed by atoms with van der Waals surface area (Å²) >= 11 is 0. The van der Waals surface area contributed by atoms with Crippen molar-refractivity contribution in [2.24, 2.45) is 0 Å². The first-order chi connectivity index (χ1) is 6.63. The van der Waals surface area contributed by atoms with Crippen molar-refractivity contribution in [1.29, 1.82) is 0 Å². The van der Waals surface area contributed by atoms with E-state index in [1.54, 1.807) is 0 Å². The van der Waals surface area contributed by atoms with E-state index < -0.39 is 22.3 Å². The topological polar surface area (TPSA) is 149 Å². The number of rotatable bonds is 5. The Morgan fingerprint density at radius 3 is 1.20 bits per heavy atom. The van der Waals surface area contributed by atoms with Crippen LogP contribution in [0.25, 0.3) is 0 Å². The highest BCUT2D eigenvalue weighted by molar-refractivity contribution is 7.79. The fourth-order valence-corrected chi connectivity index (χ4v) is 0.552. The van der Waals surface area contributed by atoms with Crippen LogP contribution in [-0.2, 0) is 20.0 Å². The van der Waals surface area contributed by atoms with Crippen LogP contribution >= 0.6 is 0 Å². The Hall–Kier alpha value is -1.19. The Balaban J connectivity index is 0. The highest BCUT2D eigenvalue weighted by Crippen LogP contribution is 1.98. The second-order valence-electron chi connectivity index (χ2n) is 2.44. The quantitative estimate of drug-likeness (QED) is 0.391. The lowest BCUT2D eigenvalue weighted by Gasteiger charge is -1.92. The van der Waals surface area contributed by atoms with E-state index in [9.17, 15) is 9.59 Å². The molecule has 90 valence electrons. The highest BCUT2D eigenvalue weighted by atomic mass is 32.3. The van der Waals surface area contributed by atoms with E-state index in [-0.39, 0.29) is 12.8 Å². The van der Waals surface area contributed by atoms with Crippen molar-refractivity contribution in [3.63, 3.8) is 0 Å². The van der Waals surface area contributed by atoms with Crippen LogP contribution in [0.15, 0.2) is 0 Å². The van der Waals surface area contributed by atoms with Crippen LogP contribution < -0.4 is 0 Å². The summed E-state index contributed by atoms with van der Waals surface area (Å²) in [6.07, 6.45) is 1.02. The van der Waals surface area contributed by atoms with Crippen molar-refractivity contribution in [3.05, 3.63) is 0 Å². The summed E-state index contributed by atoms with van der Waals surface area (Å²) in [5.74, 6) is -1.74. The van der Waals surface area contributed by atoms with Gasteiger partial charge >= 0.3 is 22.3 Å². The van der Waals surface area contributed by atoms with Gasteiger partial charge < -0.3 is 10.2 Å². The first-order valence-corrected chi connectivity index (χ1v) is 5.16. The molecule has 0 amide bonds. The second kappa shape index (κ2) is 8.15. The number of hydrogen-bond donors (Lipinski definition) is 4. The van der Waals surface area contributed by atoms with E-state index in [1.165, 1.54) is 0 Å². The number of carboxylic acids is 2. The van der Waals surface area contributed by atoms with E-state index >= 15 is 0 Å². The molecule has 0 saturated carbocycles. The summed E-state index contributed by atoms with van der Waals surface area (Å²) in [6.45, 7) is 0. The predicted octanol–water partition coefficient (Wildman–Crippen LogP) is 0.0632. The van der Waals surface area contributed by atoms with Gasteiger partial charge in [-0.05, 0) is 12.8 Å². The average Bonchev–Trinajstić information content (AvgIpc) is 1.94. The molecular weight excluding hydrogens is 232 g/mol. The summed E-state index contributed by atoms with van der Waals surface area (Å²) in [7, 11) is -4.67. The summed E-state index contributed by atoms with van der Waals surface area (Å²) in [5.41, 5.74) is 0. The Kier molecular flexibility index (Phi) is 8.82. The lowest BCUT2D eigenvalue weighted by molar-refractivity contribution is -0.139. The van der Waals surface area contributed by atoms with Crippen LogP contribution in [-0.4, -0.2) is 39.7 Å². The molecule has 0 aromatic carbocycles. The SMILES string of the molecule is O=C(O)CCCCC(=O)O.O=S(=O)(O)O. The lowest BCUT2D eigenvalue weighted by atomic mass is 10.2. The molecule has 8 nitrogen and oxygen atoms in total. The molecule has 0 aliphatic carbocycles. The Morgan fingerprint density at radius 2 is 1.07 bits per heavy atom. The summed E-state index contributed by atoms with van der Waals surface area (Å²) < 4.78 is 31.6.